The number of piperidine rings is 1. The molecular weight excluding hydrogens is 342 g/mol. The Balaban J connectivity index is 1.88. The van der Waals surface area contributed by atoms with Crippen molar-refractivity contribution in [2.45, 2.75) is 32.2 Å². The molecule has 0 radical (unpaired) electrons. The normalized spacial score (nSPS) is 18.2. The Bertz CT molecular complexity index is 589. The van der Waals surface area contributed by atoms with E-state index < -0.39 is 5.54 Å². The summed E-state index contributed by atoms with van der Waals surface area (Å²) in [6.07, 6.45) is 2.35. The number of nitrogens with zero attached hydrogens (tertiary/aromatic N) is 2. The molecule has 0 saturated carbocycles. The number of benzene rings is 1. The zero-order valence-electron chi connectivity index (χ0n) is 17.5. The van der Waals surface area contributed by atoms with E-state index in [2.05, 4.69) is 10.2 Å². The number of carbonyl (C=O) groups excluding carboxylic acids is 1. The molecule has 0 bridgehead atoms. The molecule has 0 spiro atoms. The zero-order valence-corrected chi connectivity index (χ0v) is 17.5. The number of urea groups is 1. The molecule has 1 atom stereocenters. The van der Waals surface area contributed by atoms with Crippen molar-refractivity contribution < 1.29 is 14.3 Å². The standard InChI is InChI=1S/C21H35N3O3/c1-21(2,18-8-10-19(27-5)11-9-18)22-20(25)23(3)15-17-7-6-12-24(16-17)13-14-26-4/h8-11,17H,6-7,12-16H2,1-5H3,(H,22,25). The first-order valence-electron chi connectivity index (χ1n) is 9.75. The van der Waals surface area contributed by atoms with Gasteiger partial charge in [-0.1, -0.05) is 12.1 Å². The molecule has 152 valence electrons. The fourth-order valence-corrected chi connectivity index (χ4v) is 3.64. The minimum absolute atomic E-state index is 0.0372. The van der Waals surface area contributed by atoms with Gasteiger partial charge in [-0.3, -0.25) is 0 Å². The summed E-state index contributed by atoms with van der Waals surface area (Å²) in [5.74, 6) is 1.32. The SMILES string of the molecule is COCCN1CCCC(CN(C)C(=O)NC(C)(C)c2ccc(OC)cc2)C1. The molecule has 1 saturated heterocycles. The van der Waals surface area contributed by atoms with E-state index >= 15 is 0 Å². The third-order valence-electron chi connectivity index (χ3n) is 5.32. The number of ether oxygens (including phenoxy) is 2. The van der Waals surface area contributed by atoms with Crippen LogP contribution in [0.15, 0.2) is 24.3 Å². The monoisotopic (exact) mass is 377 g/mol. The minimum Gasteiger partial charge on any atom is -0.497 e. The number of nitrogens with one attached hydrogen (secondary N) is 1. The Morgan fingerprint density at radius 3 is 2.63 bits per heavy atom. The predicted molar refractivity (Wildman–Crippen MR) is 108 cm³/mol. The molecule has 1 aromatic rings. The van der Waals surface area contributed by atoms with Crippen LogP contribution >= 0.6 is 0 Å². The van der Waals surface area contributed by atoms with Crippen molar-refractivity contribution in [3.63, 3.8) is 0 Å². The summed E-state index contributed by atoms with van der Waals surface area (Å²) in [6.45, 7) is 8.70. The van der Waals surface area contributed by atoms with Crippen LogP contribution in [0.2, 0.25) is 0 Å². The second-order valence-corrected chi connectivity index (χ2v) is 7.97. The van der Waals surface area contributed by atoms with Crippen molar-refractivity contribution in [1.82, 2.24) is 15.1 Å². The molecule has 1 heterocycles. The summed E-state index contributed by atoms with van der Waals surface area (Å²) in [5.41, 5.74) is 0.600. The van der Waals surface area contributed by atoms with E-state index in [0.717, 1.165) is 44.1 Å². The summed E-state index contributed by atoms with van der Waals surface area (Å²) < 4.78 is 10.4. The van der Waals surface area contributed by atoms with Gasteiger partial charge < -0.3 is 24.6 Å². The zero-order chi connectivity index (χ0) is 19.9. The average Bonchev–Trinajstić information content (AvgIpc) is 2.66. The quantitative estimate of drug-likeness (QED) is 0.757. The molecule has 1 fully saturated rings. The number of hydrogen-bond donors (Lipinski definition) is 1. The lowest BCUT2D eigenvalue weighted by Crippen LogP contribution is -2.49. The lowest BCUT2D eigenvalue weighted by atomic mass is 9.94. The third kappa shape index (κ3) is 6.40. The summed E-state index contributed by atoms with van der Waals surface area (Å²) in [4.78, 5) is 17.0. The highest BCUT2D eigenvalue weighted by Gasteiger charge is 2.27. The van der Waals surface area contributed by atoms with Crippen molar-refractivity contribution in [3.05, 3.63) is 29.8 Å². The number of rotatable bonds is 8. The maximum atomic E-state index is 12.7. The molecule has 2 rings (SSSR count). The number of likely N-dealkylation sites (tertiary alicyclic amines) is 1. The fourth-order valence-electron chi connectivity index (χ4n) is 3.64. The number of methoxy groups -OCH3 is 2. The number of carbonyl (C=O) groups is 1. The van der Waals surface area contributed by atoms with Gasteiger partial charge >= 0.3 is 6.03 Å². The van der Waals surface area contributed by atoms with Crippen molar-refractivity contribution >= 4 is 6.03 Å². The highest BCUT2D eigenvalue weighted by Crippen LogP contribution is 2.23. The molecular formula is C21H35N3O3. The summed E-state index contributed by atoms with van der Waals surface area (Å²) in [6, 6.07) is 7.79. The van der Waals surface area contributed by atoms with Crippen LogP contribution in [0, 0.1) is 5.92 Å². The molecule has 27 heavy (non-hydrogen) atoms. The lowest BCUT2D eigenvalue weighted by Gasteiger charge is -2.36. The Morgan fingerprint density at radius 1 is 1.30 bits per heavy atom. The van der Waals surface area contributed by atoms with Gasteiger partial charge in [0.15, 0.2) is 0 Å². The van der Waals surface area contributed by atoms with E-state index in [1.165, 1.54) is 12.8 Å². The fraction of sp³-hybridized carbons (Fsp3) is 0.667. The van der Waals surface area contributed by atoms with Crippen molar-refractivity contribution in [1.29, 1.82) is 0 Å². The lowest BCUT2D eigenvalue weighted by molar-refractivity contribution is 0.104. The molecule has 0 aliphatic carbocycles. The van der Waals surface area contributed by atoms with E-state index in [1.54, 1.807) is 14.2 Å². The Hall–Kier alpha value is -1.79. The summed E-state index contributed by atoms with van der Waals surface area (Å²) in [7, 11) is 5.27. The first-order valence-corrected chi connectivity index (χ1v) is 9.75. The predicted octanol–water partition coefficient (Wildman–Crippen LogP) is 2.93. The second-order valence-electron chi connectivity index (χ2n) is 7.97. The van der Waals surface area contributed by atoms with Gasteiger partial charge in [0.2, 0.25) is 0 Å². The van der Waals surface area contributed by atoms with E-state index in [4.69, 9.17) is 9.47 Å². The van der Waals surface area contributed by atoms with Crippen molar-refractivity contribution in [3.8, 4) is 5.75 Å². The summed E-state index contributed by atoms with van der Waals surface area (Å²) in [5, 5.41) is 3.16. The first-order chi connectivity index (χ1) is 12.9. The molecule has 6 nitrogen and oxygen atoms in total. The summed E-state index contributed by atoms with van der Waals surface area (Å²) >= 11 is 0. The molecule has 1 aliphatic heterocycles. The Labute approximate surface area is 163 Å². The highest BCUT2D eigenvalue weighted by molar-refractivity contribution is 5.75. The average molecular weight is 378 g/mol. The van der Waals surface area contributed by atoms with E-state index in [0.29, 0.717) is 5.92 Å². The van der Waals surface area contributed by atoms with Crippen LogP contribution in [0.5, 0.6) is 5.75 Å². The molecule has 2 amide bonds. The molecule has 6 heteroatoms. The van der Waals surface area contributed by atoms with E-state index in [9.17, 15) is 4.79 Å². The molecule has 1 N–H and O–H groups in total. The smallest absolute Gasteiger partial charge is 0.317 e. The topological polar surface area (TPSA) is 54.0 Å². The molecule has 1 aromatic carbocycles. The molecule has 0 aromatic heterocycles. The number of amides is 2. The van der Waals surface area contributed by atoms with Crippen LogP contribution in [0.25, 0.3) is 0 Å². The van der Waals surface area contributed by atoms with Gasteiger partial charge in [0.25, 0.3) is 0 Å². The minimum atomic E-state index is -0.450. The Morgan fingerprint density at radius 2 is 2.00 bits per heavy atom. The molecule has 1 aliphatic rings. The Kier molecular flexibility index (Phi) is 7.92. The van der Waals surface area contributed by atoms with Crippen LogP contribution in [0.4, 0.5) is 4.79 Å². The second kappa shape index (κ2) is 9.95. The van der Waals surface area contributed by atoms with Gasteiger partial charge in [-0.2, -0.15) is 0 Å². The van der Waals surface area contributed by atoms with Gasteiger partial charge in [0, 0.05) is 33.8 Å². The van der Waals surface area contributed by atoms with Gasteiger partial charge in [-0.05, 0) is 56.8 Å². The van der Waals surface area contributed by atoms with E-state index in [1.807, 2.05) is 50.1 Å². The van der Waals surface area contributed by atoms with Crippen molar-refractivity contribution in [2.24, 2.45) is 5.92 Å². The van der Waals surface area contributed by atoms with Gasteiger partial charge in [0.1, 0.15) is 5.75 Å². The maximum Gasteiger partial charge on any atom is 0.317 e. The molecule has 1 unspecified atom stereocenters. The van der Waals surface area contributed by atoms with Gasteiger partial charge in [-0.15, -0.1) is 0 Å². The largest absolute Gasteiger partial charge is 0.497 e. The third-order valence-corrected chi connectivity index (χ3v) is 5.32. The van der Waals surface area contributed by atoms with Crippen LogP contribution in [0.1, 0.15) is 32.3 Å². The van der Waals surface area contributed by atoms with Gasteiger partial charge in [-0.25, -0.2) is 4.79 Å². The van der Waals surface area contributed by atoms with Crippen LogP contribution in [0.3, 0.4) is 0 Å². The van der Waals surface area contributed by atoms with Crippen molar-refractivity contribution in [2.75, 3.05) is 54.1 Å². The number of hydrogen-bond acceptors (Lipinski definition) is 4. The highest BCUT2D eigenvalue weighted by atomic mass is 16.5. The maximum absolute atomic E-state index is 12.7. The van der Waals surface area contributed by atoms with Crippen LogP contribution in [-0.4, -0.2) is 69.9 Å². The first kappa shape index (κ1) is 21.5. The van der Waals surface area contributed by atoms with Crippen LogP contribution < -0.4 is 10.1 Å². The van der Waals surface area contributed by atoms with Gasteiger partial charge in [0.05, 0.1) is 19.3 Å². The van der Waals surface area contributed by atoms with Crippen LogP contribution in [-0.2, 0) is 10.3 Å². The van der Waals surface area contributed by atoms with E-state index in [-0.39, 0.29) is 6.03 Å².